The fraction of sp³-hybridized carbons (Fsp3) is 0.385. The fourth-order valence-electron chi connectivity index (χ4n) is 2.13. The number of nitrogens with zero attached hydrogens (tertiary/aromatic N) is 2. The molecule has 1 aliphatic rings. The van der Waals surface area contributed by atoms with Gasteiger partial charge in [-0.2, -0.15) is 0 Å². The monoisotopic (exact) mass is 314 g/mol. The van der Waals surface area contributed by atoms with Crippen LogP contribution in [0.4, 0.5) is 0 Å². The van der Waals surface area contributed by atoms with E-state index in [1.54, 1.807) is 19.2 Å². The number of hydrogen-bond acceptors (Lipinski definition) is 5. The molecule has 1 unspecified atom stereocenters. The molecule has 0 radical (unpaired) electrons. The van der Waals surface area contributed by atoms with E-state index >= 15 is 0 Å². The van der Waals surface area contributed by atoms with Crippen LogP contribution in [0.25, 0.3) is 10.9 Å². The van der Waals surface area contributed by atoms with Gasteiger partial charge in [-0.1, -0.05) is 11.6 Å². The maximum absolute atomic E-state index is 6.16. The molecule has 0 saturated carbocycles. The third-order valence-corrected chi connectivity index (χ3v) is 3.52. The number of methoxy groups -OCH3 is 1. The first kappa shape index (κ1) is 13.7. The summed E-state index contributed by atoms with van der Waals surface area (Å²) in [5, 5.41) is 0.978. The molecule has 20 heavy (non-hydrogen) atoms. The number of benzene rings is 1. The van der Waals surface area contributed by atoms with Crippen molar-refractivity contribution in [3.63, 3.8) is 0 Å². The highest BCUT2D eigenvalue weighted by Crippen LogP contribution is 2.36. The minimum atomic E-state index is -0.00273. The molecule has 5 nitrogen and oxygen atoms in total. The van der Waals surface area contributed by atoms with Crippen molar-refractivity contribution in [1.29, 1.82) is 0 Å². The van der Waals surface area contributed by atoms with Gasteiger partial charge in [-0.25, -0.2) is 9.97 Å². The highest BCUT2D eigenvalue weighted by Gasteiger charge is 2.20. The summed E-state index contributed by atoms with van der Waals surface area (Å²) in [4.78, 5) is 8.12. The van der Waals surface area contributed by atoms with Gasteiger partial charge in [0.1, 0.15) is 22.8 Å². The van der Waals surface area contributed by atoms with Crippen molar-refractivity contribution >= 4 is 34.1 Å². The summed E-state index contributed by atoms with van der Waals surface area (Å²) in [7, 11) is 1.58. The minimum Gasteiger partial charge on any atom is -0.497 e. The summed E-state index contributed by atoms with van der Waals surface area (Å²) in [6.45, 7) is 1.26. The van der Waals surface area contributed by atoms with Crippen LogP contribution in [0.15, 0.2) is 12.1 Å². The molecule has 0 N–H and O–H groups in total. The standard InChI is InChI=1S/C13H12Cl2N2O3/c1-18-8-4-9-11(12(14)17-13(15)16-9)10(5-8)20-7-2-3-19-6-7/h4-5,7H,2-3,6H2,1H3. The van der Waals surface area contributed by atoms with Gasteiger partial charge in [-0.3, -0.25) is 0 Å². The maximum atomic E-state index is 6.16. The Morgan fingerprint density at radius 1 is 1.30 bits per heavy atom. The maximum Gasteiger partial charge on any atom is 0.224 e. The Hall–Kier alpha value is -1.30. The smallest absolute Gasteiger partial charge is 0.224 e. The Kier molecular flexibility index (Phi) is 3.83. The van der Waals surface area contributed by atoms with E-state index in [9.17, 15) is 0 Å². The van der Waals surface area contributed by atoms with E-state index in [1.165, 1.54) is 0 Å². The normalized spacial score (nSPS) is 18.4. The molecular formula is C13H12Cl2N2O3. The highest BCUT2D eigenvalue weighted by molar-refractivity contribution is 6.36. The Morgan fingerprint density at radius 2 is 2.15 bits per heavy atom. The molecule has 7 heteroatoms. The minimum absolute atomic E-state index is 0.00273. The van der Waals surface area contributed by atoms with E-state index in [4.69, 9.17) is 37.4 Å². The van der Waals surface area contributed by atoms with Crippen LogP contribution in [0, 0.1) is 0 Å². The van der Waals surface area contributed by atoms with Gasteiger partial charge >= 0.3 is 0 Å². The lowest BCUT2D eigenvalue weighted by Gasteiger charge is -2.15. The largest absolute Gasteiger partial charge is 0.497 e. The summed E-state index contributed by atoms with van der Waals surface area (Å²) < 4.78 is 16.5. The second-order valence-electron chi connectivity index (χ2n) is 4.41. The number of aromatic nitrogens is 2. The third kappa shape index (κ3) is 2.61. The number of ether oxygens (including phenoxy) is 3. The molecule has 1 saturated heterocycles. The van der Waals surface area contributed by atoms with Gasteiger partial charge in [-0.15, -0.1) is 0 Å². The second kappa shape index (κ2) is 5.60. The van der Waals surface area contributed by atoms with E-state index in [0.717, 1.165) is 6.42 Å². The van der Waals surface area contributed by atoms with Crippen LogP contribution in [0.2, 0.25) is 10.4 Å². The van der Waals surface area contributed by atoms with Crippen molar-refractivity contribution < 1.29 is 14.2 Å². The van der Waals surface area contributed by atoms with E-state index < -0.39 is 0 Å². The van der Waals surface area contributed by atoms with E-state index in [-0.39, 0.29) is 16.5 Å². The predicted octanol–water partition coefficient (Wildman–Crippen LogP) is 3.11. The number of hydrogen-bond donors (Lipinski definition) is 0. The highest BCUT2D eigenvalue weighted by atomic mass is 35.5. The van der Waals surface area contributed by atoms with Crippen molar-refractivity contribution in [3.05, 3.63) is 22.6 Å². The molecule has 3 rings (SSSR count). The van der Waals surface area contributed by atoms with Crippen molar-refractivity contribution in [3.8, 4) is 11.5 Å². The lowest BCUT2D eigenvalue weighted by Crippen LogP contribution is -2.16. The predicted molar refractivity (Wildman–Crippen MR) is 76.0 cm³/mol. The van der Waals surface area contributed by atoms with Crippen LogP contribution < -0.4 is 9.47 Å². The summed E-state index contributed by atoms with van der Waals surface area (Å²) >= 11 is 12.0. The van der Waals surface area contributed by atoms with Gasteiger partial charge in [0.05, 0.1) is 31.2 Å². The van der Waals surface area contributed by atoms with Crippen LogP contribution >= 0.6 is 23.2 Å². The molecule has 1 aliphatic heterocycles. The molecule has 0 bridgehead atoms. The number of fused-ring (bicyclic) bond motifs is 1. The molecule has 1 aromatic heterocycles. The number of halogens is 2. The van der Waals surface area contributed by atoms with Crippen LogP contribution in [-0.2, 0) is 4.74 Å². The van der Waals surface area contributed by atoms with Crippen LogP contribution in [0.3, 0.4) is 0 Å². The molecule has 2 aromatic rings. The van der Waals surface area contributed by atoms with Gasteiger partial charge in [-0.05, 0) is 11.6 Å². The Labute approximate surface area is 125 Å². The molecule has 106 valence electrons. The number of rotatable bonds is 3. The van der Waals surface area contributed by atoms with E-state index in [0.29, 0.717) is 35.6 Å². The van der Waals surface area contributed by atoms with Crippen LogP contribution in [0.5, 0.6) is 11.5 Å². The zero-order chi connectivity index (χ0) is 14.1. The molecule has 1 fully saturated rings. The average Bonchev–Trinajstić information content (AvgIpc) is 2.90. The summed E-state index contributed by atoms with van der Waals surface area (Å²) in [5.41, 5.74) is 0.586. The van der Waals surface area contributed by atoms with Crippen LogP contribution in [-0.4, -0.2) is 36.4 Å². The van der Waals surface area contributed by atoms with Crippen LogP contribution in [0.1, 0.15) is 6.42 Å². The second-order valence-corrected chi connectivity index (χ2v) is 5.10. The molecule has 0 spiro atoms. The molecule has 2 heterocycles. The zero-order valence-electron chi connectivity index (χ0n) is 10.7. The molecule has 0 amide bonds. The van der Waals surface area contributed by atoms with Gasteiger partial charge in [0.25, 0.3) is 0 Å². The first-order valence-corrected chi connectivity index (χ1v) is 6.88. The topological polar surface area (TPSA) is 53.5 Å². The average molecular weight is 315 g/mol. The lowest BCUT2D eigenvalue weighted by molar-refractivity contribution is 0.142. The molecular weight excluding hydrogens is 303 g/mol. The first-order valence-electron chi connectivity index (χ1n) is 6.12. The van der Waals surface area contributed by atoms with Gasteiger partial charge in [0, 0.05) is 18.6 Å². The molecule has 1 aromatic carbocycles. The Morgan fingerprint density at radius 3 is 2.85 bits per heavy atom. The first-order chi connectivity index (χ1) is 9.67. The van der Waals surface area contributed by atoms with E-state index in [1.807, 2.05) is 0 Å². The van der Waals surface area contributed by atoms with Crippen molar-refractivity contribution in [2.45, 2.75) is 12.5 Å². The van der Waals surface area contributed by atoms with Crippen molar-refractivity contribution in [2.24, 2.45) is 0 Å². The summed E-state index contributed by atoms with van der Waals surface area (Å²) in [6, 6.07) is 3.51. The summed E-state index contributed by atoms with van der Waals surface area (Å²) in [5.74, 6) is 1.20. The van der Waals surface area contributed by atoms with Crippen molar-refractivity contribution in [1.82, 2.24) is 9.97 Å². The Balaban J connectivity index is 2.11. The fourth-order valence-corrected chi connectivity index (χ4v) is 2.62. The Bertz CT molecular complexity index is 645. The SMILES string of the molecule is COc1cc(OC2CCOC2)c2c(Cl)nc(Cl)nc2c1. The lowest BCUT2D eigenvalue weighted by atomic mass is 10.2. The molecule has 1 atom stereocenters. The quantitative estimate of drug-likeness (QED) is 0.643. The van der Waals surface area contributed by atoms with Crippen molar-refractivity contribution in [2.75, 3.05) is 20.3 Å². The zero-order valence-corrected chi connectivity index (χ0v) is 12.2. The summed E-state index contributed by atoms with van der Waals surface area (Å²) in [6.07, 6.45) is 0.835. The van der Waals surface area contributed by atoms with E-state index in [2.05, 4.69) is 9.97 Å². The van der Waals surface area contributed by atoms with Gasteiger partial charge < -0.3 is 14.2 Å². The van der Waals surface area contributed by atoms with Gasteiger partial charge in [0.15, 0.2) is 0 Å². The third-order valence-electron chi connectivity index (χ3n) is 3.08. The van der Waals surface area contributed by atoms with Gasteiger partial charge in [0.2, 0.25) is 5.28 Å². The molecule has 0 aliphatic carbocycles.